The standard InChI is InChI=1S/C12H18F3N3O2S/c1-2-3-8(19)6-17-11(20)16-5-4-10-18-9(7-21-10)12(13,14)15/h7-8,19H,2-6H2,1H3,(H2,16,17,20). The number of thiazole rings is 1. The summed E-state index contributed by atoms with van der Waals surface area (Å²) in [6.07, 6.45) is -3.38. The summed E-state index contributed by atoms with van der Waals surface area (Å²) in [6, 6.07) is -0.460. The Morgan fingerprint density at radius 1 is 1.48 bits per heavy atom. The van der Waals surface area contributed by atoms with Gasteiger partial charge in [0, 0.05) is 24.9 Å². The highest BCUT2D eigenvalue weighted by molar-refractivity contribution is 7.09. The molecule has 0 saturated heterocycles. The molecule has 5 nitrogen and oxygen atoms in total. The minimum atomic E-state index is -4.44. The van der Waals surface area contributed by atoms with E-state index in [4.69, 9.17) is 0 Å². The molecule has 0 spiro atoms. The second kappa shape index (κ2) is 8.18. The van der Waals surface area contributed by atoms with Gasteiger partial charge >= 0.3 is 12.2 Å². The van der Waals surface area contributed by atoms with Gasteiger partial charge < -0.3 is 15.7 Å². The number of nitrogens with zero attached hydrogens (tertiary/aromatic N) is 1. The molecule has 21 heavy (non-hydrogen) atoms. The lowest BCUT2D eigenvalue weighted by Gasteiger charge is -2.11. The van der Waals surface area contributed by atoms with Crippen molar-refractivity contribution in [2.24, 2.45) is 0 Å². The molecule has 120 valence electrons. The van der Waals surface area contributed by atoms with Gasteiger partial charge in [-0.2, -0.15) is 13.2 Å². The van der Waals surface area contributed by atoms with E-state index in [1.54, 1.807) is 0 Å². The van der Waals surface area contributed by atoms with E-state index < -0.39 is 24.0 Å². The first-order valence-corrected chi connectivity index (χ1v) is 7.42. The summed E-state index contributed by atoms with van der Waals surface area (Å²) in [5.74, 6) is 0. The Kier molecular flexibility index (Phi) is 6.90. The van der Waals surface area contributed by atoms with Crippen molar-refractivity contribution in [1.29, 1.82) is 0 Å². The van der Waals surface area contributed by atoms with Crippen LogP contribution in [0.1, 0.15) is 30.5 Å². The van der Waals surface area contributed by atoms with Crippen molar-refractivity contribution in [1.82, 2.24) is 15.6 Å². The number of aliphatic hydroxyl groups excluding tert-OH is 1. The first-order valence-electron chi connectivity index (χ1n) is 6.54. The molecule has 0 radical (unpaired) electrons. The minimum absolute atomic E-state index is 0.148. The fraction of sp³-hybridized carbons (Fsp3) is 0.667. The highest BCUT2D eigenvalue weighted by atomic mass is 32.1. The van der Waals surface area contributed by atoms with Crippen LogP contribution in [0.2, 0.25) is 0 Å². The molecule has 0 aliphatic carbocycles. The Hall–Kier alpha value is -1.35. The molecule has 1 aromatic rings. The highest BCUT2D eigenvalue weighted by Crippen LogP contribution is 2.29. The molecule has 0 aliphatic heterocycles. The van der Waals surface area contributed by atoms with Crippen molar-refractivity contribution in [3.63, 3.8) is 0 Å². The molecule has 1 rings (SSSR count). The molecule has 0 fully saturated rings. The Balaban J connectivity index is 2.24. The maximum absolute atomic E-state index is 12.3. The third-order valence-corrected chi connectivity index (χ3v) is 3.50. The van der Waals surface area contributed by atoms with Crippen LogP contribution in [0.4, 0.5) is 18.0 Å². The van der Waals surface area contributed by atoms with Crippen LogP contribution in [-0.2, 0) is 12.6 Å². The van der Waals surface area contributed by atoms with E-state index >= 15 is 0 Å². The van der Waals surface area contributed by atoms with Crippen LogP contribution in [0.3, 0.4) is 0 Å². The number of carbonyl (C=O) groups excluding carboxylic acids is 1. The van der Waals surface area contributed by atoms with Crippen LogP contribution in [-0.4, -0.2) is 35.3 Å². The fourth-order valence-electron chi connectivity index (χ4n) is 1.55. The van der Waals surface area contributed by atoms with Gasteiger partial charge in [0.05, 0.1) is 11.1 Å². The summed E-state index contributed by atoms with van der Waals surface area (Å²) >= 11 is 0.910. The molecule has 1 aromatic heterocycles. The van der Waals surface area contributed by atoms with Crippen molar-refractivity contribution in [3.05, 3.63) is 16.1 Å². The van der Waals surface area contributed by atoms with Gasteiger partial charge in [-0.15, -0.1) is 11.3 Å². The highest BCUT2D eigenvalue weighted by Gasteiger charge is 2.33. The molecular weight excluding hydrogens is 307 g/mol. The Labute approximate surface area is 124 Å². The molecule has 0 bridgehead atoms. The summed E-state index contributed by atoms with van der Waals surface area (Å²) in [6.45, 7) is 2.25. The zero-order chi connectivity index (χ0) is 15.9. The fourth-order valence-corrected chi connectivity index (χ4v) is 2.35. The quantitative estimate of drug-likeness (QED) is 0.719. The van der Waals surface area contributed by atoms with Crippen LogP contribution < -0.4 is 10.6 Å². The number of hydrogen-bond donors (Lipinski definition) is 3. The number of alkyl halides is 3. The van der Waals surface area contributed by atoms with Crippen LogP contribution in [0.15, 0.2) is 5.38 Å². The molecular formula is C12H18F3N3O2S. The largest absolute Gasteiger partial charge is 0.434 e. The topological polar surface area (TPSA) is 74.2 Å². The minimum Gasteiger partial charge on any atom is -0.391 e. The lowest BCUT2D eigenvalue weighted by atomic mass is 10.2. The monoisotopic (exact) mass is 325 g/mol. The Morgan fingerprint density at radius 2 is 2.19 bits per heavy atom. The smallest absolute Gasteiger partial charge is 0.391 e. The third kappa shape index (κ3) is 6.76. The van der Waals surface area contributed by atoms with E-state index in [2.05, 4.69) is 15.6 Å². The average Bonchev–Trinajstić information content (AvgIpc) is 2.85. The summed E-state index contributed by atoms with van der Waals surface area (Å²) in [4.78, 5) is 14.8. The van der Waals surface area contributed by atoms with Gasteiger partial charge in [-0.3, -0.25) is 0 Å². The SMILES string of the molecule is CCCC(O)CNC(=O)NCCc1nc(C(F)(F)F)cs1. The summed E-state index contributed by atoms with van der Waals surface area (Å²) in [5, 5.41) is 15.7. The van der Waals surface area contributed by atoms with E-state index in [1.165, 1.54) is 0 Å². The number of aromatic nitrogens is 1. The van der Waals surface area contributed by atoms with Gasteiger partial charge in [0.25, 0.3) is 0 Å². The van der Waals surface area contributed by atoms with E-state index in [-0.39, 0.29) is 19.5 Å². The van der Waals surface area contributed by atoms with Gasteiger partial charge in [-0.25, -0.2) is 9.78 Å². The third-order valence-electron chi connectivity index (χ3n) is 2.59. The summed E-state index contributed by atoms with van der Waals surface area (Å²) in [5.41, 5.74) is -0.908. The Bertz CT molecular complexity index is 451. The molecule has 0 aromatic carbocycles. The van der Waals surface area contributed by atoms with Crippen LogP contribution in [0.25, 0.3) is 0 Å². The van der Waals surface area contributed by atoms with Gasteiger partial charge in [0.2, 0.25) is 0 Å². The van der Waals surface area contributed by atoms with Crippen molar-refractivity contribution < 1.29 is 23.1 Å². The van der Waals surface area contributed by atoms with Crippen molar-refractivity contribution >= 4 is 17.4 Å². The van der Waals surface area contributed by atoms with E-state index in [0.29, 0.717) is 11.4 Å². The molecule has 1 unspecified atom stereocenters. The molecule has 1 heterocycles. The number of carbonyl (C=O) groups is 1. The van der Waals surface area contributed by atoms with Crippen LogP contribution in [0, 0.1) is 0 Å². The lowest BCUT2D eigenvalue weighted by Crippen LogP contribution is -2.40. The molecule has 2 amide bonds. The second-order valence-corrected chi connectivity index (χ2v) is 5.40. The molecule has 3 N–H and O–H groups in total. The number of halogens is 3. The summed E-state index contributed by atoms with van der Waals surface area (Å²) < 4.78 is 37.0. The molecule has 9 heteroatoms. The second-order valence-electron chi connectivity index (χ2n) is 4.45. The van der Waals surface area contributed by atoms with Gasteiger partial charge in [0.1, 0.15) is 0 Å². The van der Waals surface area contributed by atoms with E-state index in [1.807, 2.05) is 6.92 Å². The maximum atomic E-state index is 12.3. The molecule has 0 saturated carbocycles. The predicted molar refractivity (Wildman–Crippen MR) is 73.1 cm³/mol. The maximum Gasteiger partial charge on any atom is 0.434 e. The first kappa shape index (κ1) is 17.7. The first-order chi connectivity index (χ1) is 9.82. The number of hydrogen-bond acceptors (Lipinski definition) is 4. The van der Waals surface area contributed by atoms with Gasteiger partial charge in [0.15, 0.2) is 5.69 Å². The number of aliphatic hydroxyl groups is 1. The van der Waals surface area contributed by atoms with Gasteiger partial charge in [-0.05, 0) is 6.42 Å². The predicted octanol–water partition coefficient (Wildman–Crippen LogP) is 2.16. The van der Waals surface area contributed by atoms with Crippen molar-refractivity contribution in [3.8, 4) is 0 Å². The number of urea groups is 1. The van der Waals surface area contributed by atoms with Crippen LogP contribution in [0.5, 0.6) is 0 Å². The number of rotatable bonds is 7. The Morgan fingerprint density at radius 3 is 2.76 bits per heavy atom. The van der Waals surface area contributed by atoms with Crippen LogP contribution >= 0.6 is 11.3 Å². The zero-order valence-electron chi connectivity index (χ0n) is 11.5. The van der Waals surface area contributed by atoms with Gasteiger partial charge in [-0.1, -0.05) is 13.3 Å². The summed E-state index contributed by atoms with van der Waals surface area (Å²) in [7, 11) is 0. The lowest BCUT2D eigenvalue weighted by molar-refractivity contribution is -0.140. The molecule has 0 aliphatic rings. The zero-order valence-corrected chi connectivity index (χ0v) is 12.4. The number of amides is 2. The van der Waals surface area contributed by atoms with Crippen molar-refractivity contribution in [2.75, 3.05) is 13.1 Å². The average molecular weight is 325 g/mol. The van der Waals surface area contributed by atoms with Crippen molar-refractivity contribution in [2.45, 2.75) is 38.5 Å². The molecule has 1 atom stereocenters. The normalized spacial score (nSPS) is 13.0. The van der Waals surface area contributed by atoms with E-state index in [9.17, 15) is 23.1 Å². The van der Waals surface area contributed by atoms with E-state index in [0.717, 1.165) is 23.1 Å². The number of nitrogens with one attached hydrogen (secondary N) is 2.